The van der Waals surface area contributed by atoms with Crippen molar-refractivity contribution in [1.29, 1.82) is 0 Å². The Balaban J connectivity index is 3.57. The smallest absolute Gasteiger partial charge is 0.222 e. The minimum absolute atomic E-state index is 0.00203. The third-order valence-corrected chi connectivity index (χ3v) is 3.03. The van der Waals surface area contributed by atoms with Crippen molar-refractivity contribution in [2.24, 2.45) is 11.7 Å². The Kier molecular flexibility index (Phi) is 8.11. The predicted molar refractivity (Wildman–Crippen MR) is 67.9 cm³/mol. The standard InChI is InChI=1S/C10H23N3O3S/c1-9(5-3-6-11)10(14)12-7-4-8-13-17(2,15)16/h9,13H,3-8,11H2,1-2H3,(H,12,14). The zero-order valence-electron chi connectivity index (χ0n) is 10.5. The number of sulfonamides is 1. The molecule has 1 amide bonds. The quantitative estimate of drug-likeness (QED) is 0.485. The van der Waals surface area contributed by atoms with Crippen molar-refractivity contribution in [3.05, 3.63) is 0 Å². The molecule has 1 unspecified atom stereocenters. The van der Waals surface area contributed by atoms with Crippen molar-refractivity contribution in [2.75, 3.05) is 25.9 Å². The third-order valence-electron chi connectivity index (χ3n) is 2.31. The van der Waals surface area contributed by atoms with Crippen LogP contribution in [0.2, 0.25) is 0 Å². The summed E-state index contributed by atoms with van der Waals surface area (Å²) in [6, 6.07) is 0. The van der Waals surface area contributed by atoms with Crippen LogP contribution in [0.4, 0.5) is 0 Å². The number of carbonyl (C=O) groups is 1. The average Bonchev–Trinajstić information content (AvgIpc) is 2.23. The molecule has 0 rings (SSSR count). The van der Waals surface area contributed by atoms with Gasteiger partial charge in [-0.1, -0.05) is 6.92 Å². The van der Waals surface area contributed by atoms with E-state index in [1.54, 1.807) is 0 Å². The lowest BCUT2D eigenvalue weighted by molar-refractivity contribution is -0.124. The zero-order chi connectivity index (χ0) is 13.3. The molecular formula is C10H23N3O3S. The van der Waals surface area contributed by atoms with Gasteiger partial charge in [0.25, 0.3) is 0 Å². The molecule has 0 saturated carbocycles. The largest absolute Gasteiger partial charge is 0.356 e. The van der Waals surface area contributed by atoms with Crippen LogP contribution in [-0.4, -0.2) is 40.2 Å². The van der Waals surface area contributed by atoms with E-state index >= 15 is 0 Å². The van der Waals surface area contributed by atoms with Gasteiger partial charge in [-0.15, -0.1) is 0 Å². The van der Waals surface area contributed by atoms with E-state index in [1.807, 2.05) is 6.92 Å². The van der Waals surface area contributed by atoms with Crippen LogP contribution < -0.4 is 15.8 Å². The first-order valence-electron chi connectivity index (χ1n) is 5.79. The van der Waals surface area contributed by atoms with Gasteiger partial charge in [0.1, 0.15) is 0 Å². The molecule has 1 atom stereocenters. The first-order chi connectivity index (χ1) is 7.87. The molecule has 0 radical (unpaired) electrons. The second-order valence-electron chi connectivity index (χ2n) is 4.14. The van der Waals surface area contributed by atoms with Crippen LogP contribution in [-0.2, 0) is 14.8 Å². The first kappa shape index (κ1) is 16.3. The summed E-state index contributed by atoms with van der Waals surface area (Å²) < 4.78 is 23.9. The number of nitrogens with one attached hydrogen (secondary N) is 2. The van der Waals surface area contributed by atoms with Gasteiger partial charge in [-0.05, 0) is 25.8 Å². The highest BCUT2D eigenvalue weighted by molar-refractivity contribution is 7.88. The van der Waals surface area contributed by atoms with Gasteiger partial charge in [0, 0.05) is 19.0 Å². The zero-order valence-corrected chi connectivity index (χ0v) is 11.3. The number of rotatable bonds is 9. The normalized spacial score (nSPS) is 13.4. The number of nitrogens with two attached hydrogens (primary N) is 1. The van der Waals surface area contributed by atoms with E-state index in [4.69, 9.17) is 5.73 Å². The molecular weight excluding hydrogens is 242 g/mol. The summed E-state index contributed by atoms with van der Waals surface area (Å²) in [5, 5.41) is 2.76. The monoisotopic (exact) mass is 265 g/mol. The van der Waals surface area contributed by atoms with Gasteiger partial charge >= 0.3 is 0 Å². The fourth-order valence-corrected chi connectivity index (χ4v) is 1.80. The fraction of sp³-hybridized carbons (Fsp3) is 0.900. The maximum absolute atomic E-state index is 11.5. The minimum atomic E-state index is -3.13. The molecule has 4 N–H and O–H groups in total. The topological polar surface area (TPSA) is 101 Å². The SMILES string of the molecule is CC(CCCN)C(=O)NCCCNS(C)(=O)=O. The Morgan fingerprint density at radius 3 is 2.47 bits per heavy atom. The molecule has 6 nitrogen and oxygen atoms in total. The van der Waals surface area contributed by atoms with Crippen LogP contribution in [0, 0.1) is 5.92 Å². The first-order valence-corrected chi connectivity index (χ1v) is 7.68. The Morgan fingerprint density at radius 1 is 1.29 bits per heavy atom. The van der Waals surface area contributed by atoms with Crippen LogP contribution in [0.1, 0.15) is 26.2 Å². The maximum Gasteiger partial charge on any atom is 0.222 e. The van der Waals surface area contributed by atoms with Crippen LogP contribution in [0.15, 0.2) is 0 Å². The number of amides is 1. The second kappa shape index (κ2) is 8.43. The van der Waals surface area contributed by atoms with E-state index in [9.17, 15) is 13.2 Å². The van der Waals surface area contributed by atoms with Gasteiger partial charge in [-0.25, -0.2) is 13.1 Å². The summed E-state index contributed by atoms with van der Waals surface area (Å²) in [6.45, 7) is 3.28. The summed E-state index contributed by atoms with van der Waals surface area (Å²) in [5.41, 5.74) is 5.36. The van der Waals surface area contributed by atoms with Crippen molar-refractivity contribution >= 4 is 15.9 Å². The molecule has 0 saturated heterocycles. The number of hydrogen-bond donors (Lipinski definition) is 3. The van der Waals surface area contributed by atoms with Gasteiger partial charge in [0.2, 0.25) is 15.9 Å². The molecule has 0 aliphatic heterocycles. The Morgan fingerprint density at radius 2 is 1.94 bits per heavy atom. The molecule has 17 heavy (non-hydrogen) atoms. The van der Waals surface area contributed by atoms with Gasteiger partial charge in [-0.3, -0.25) is 4.79 Å². The summed E-state index contributed by atoms with van der Waals surface area (Å²) in [6.07, 6.45) is 3.32. The van der Waals surface area contributed by atoms with E-state index in [2.05, 4.69) is 10.0 Å². The molecule has 0 bridgehead atoms. The minimum Gasteiger partial charge on any atom is -0.356 e. The van der Waals surface area contributed by atoms with Crippen LogP contribution in [0.5, 0.6) is 0 Å². The van der Waals surface area contributed by atoms with Crippen molar-refractivity contribution in [2.45, 2.75) is 26.2 Å². The molecule has 0 aliphatic rings. The average molecular weight is 265 g/mol. The van der Waals surface area contributed by atoms with E-state index < -0.39 is 10.0 Å². The second-order valence-corrected chi connectivity index (χ2v) is 5.98. The van der Waals surface area contributed by atoms with Gasteiger partial charge < -0.3 is 11.1 Å². The lowest BCUT2D eigenvalue weighted by atomic mass is 10.1. The van der Waals surface area contributed by atoms with E-state index in [-0.39, 0.29) is 11.8 Å². The molecule has 0 spiro atoms. The Hall–Kier alpha value is -0.660. The summed E-state index contributed by atoms with van der Waals surface area (Å²) in [5.74, 6) is -0.0424. The van der Waals surface area contributed by atoms with Gasteiger partial charge in [-0.2, -0.15) is 0 Å². The third kappa shape index (κ3) is 10.2. The molecule has 0 aromatic rings. The molecule has 7 heteroatoms. The van der Waals surface area contributed by atoms with Gasteiger partial charge in [0.05, 0.1) is 6.26 Å². The van der Waals surface area contributed by atoms with Crippen molar-refractivity contribution < 1.29 is 13.2 Å². The summed E-state index contributed by atoms with van der Waals surface area (Å²) in [4.78, 5) is 11.5. The van der Waals surface area contributed by atoms with Crippen LogP contribution in [0.3, 0.4) is 0 Å². The van der Waals surface area contributed by atoms with E-state index in [0.717, 1.165) is 19.1 Å². The summed E-state index contributed by atoms with van der Waals surface area (Å²) in [7, 11) is -3.13. The predicted octanol–water partition coefficient (Wildman–Crippen LogP) is -0.583. The maximum atomic E-state index is 11.5. The van der Waals surface area contributed by atoms with Crippen LogP contribution in [0.25, 0.3) is 0 Å². The number of carbonyl (C=O) groups excluding carboxylic acids is 1. The van der Waals surface area contributed by atoms with Crippen molar-refractivity contribution in [3.8, 4) is 0 Å². The molecule has 0 aliphatic carbocycles. The molecule has 0 heterocycles. The molecule has 102 valence electrons. The highest BCUT2D eigenvalue weighted by Gasteiger charge is 2.11. The fourth-order valence-electron chi connectivity index (χ4n) is 1.29. The van der Waals surface area contributed by atoms with Crippen molar-refractivity contribution in [1.82, 2.24) is 10.0 Å². The van der Waals surface area contributed by atoms with E-state index in [0.29, 0.717) is 26.1 Å². The Bertz CT molecular complexity index is 317. The summed E-state index contributed by atoms with van der Waals surface area (Å²) >= 11 is 0. The lowest BCUT2D eigenvalue weighted by Gasteiger charge is -2.11. The molecule has 0 fully saturated rings. The van der Waals surface area contributed by atoms with Crippen LogP contribution >= 0.6 is 0 Å². The van der Waals surface area contributed by atoms with Crippen molar-refractivity contribution in [3.63, 3.8) is 0 Å². The lowest BCUT2D eigenvalue weighted by Crippen LogP contribution is -2.32. The number of hydrogen-bond acceptors (Lipinski definition) is 4. The van der Waals surface area contributed by atoms with Gasteiger partial charge in [0.15, 0.2) is 0 Å². The molecule has 0 aromatic carbocycles. The Labute approximate surface area is 103 Å². The highest BCUT2D eigenvalue weighted by atomic mass is 32.2. The molecule has 0 aromatic heterocycles. The van der Waals surface area contributed by atoms with E-state index in [1.165, 1.54) is 0 Å². The highest BCUT2D eigenvalue weighted by Crippen LogP contribution is 2.03.